The smallest absolute Gasteiger partial charge is 0.180 e. The van der Waals surface area contributed by atoms with Crippen LogP contribution in [0.3, 0.4) is 0 Å². The van der Waals surface area contributed by atoms with Gasteiger partial charge in [-0.05, 0) is 30.9 Å². The fourth-order valence-corrected chi connectivity index (χ4v) is 1.56. The average molecular weight is 173 g/mol. The van der Waals surface area contributed by atoms with E-state index in [9.17, 15) is 4.79 Å². The molecule has 1 aliphatic carbocycles. The summed E-state index contributed by atoms with van der Waals surface area (Å²) < 4.78 is 0. The summed E-state index contributed by atoms with van der Waals surface area (Å²) >= 11 is 5.72. The van der Waals surface area contributed by atoms with E-state index in [1.807, 2.05) is 6.92 Å². The minimum absolute atomic E-state index is 0.151. The lowest BCUT2D eigenvalue weighted by Crippen LogP contribution is -2.30. The highest BCUT2D eigenvalue weighted by Gasteiger charge is 2.33. The fourth-order valence-electron chi connectivity index (χ4n) is 1.29. The Kier molecular flexibility index (Phi) is 2.72. The number of ketones is 1. The van der Waals surface area contributed by atoms with Gasteiger partial charge in [0.15, 0.2) is 5.78 Å². The number of carbonyl (C=O) groups excluding carboxylic acids is 1. The van der Waals surface area contributed by atoms with Gasteiger partial charge in [0.1, 0.15) is 5.38 Å². The van der Waals surface area contributed by atoms with Gasteiger partial charge in [0.25, 0.3) is 0 Å². The summed E-state index contributed by atoms with van der Waals surface area (Å²) in [6.45, 7) is 4.07. The number of carbonyl (C=O) groups is 1. The van der Waals surface area contributed by atoms with Crippen molar-refractivity contribution in [2.24, 2.45) is 0 Å². The number of rotatable bonds is 3. The van der Waals surface area contributed by atoms with Gasteiger partial charge in [0, 0.05) is 0 Å². The predicted octanol–water partition coefficient (Wildman–Crippen LogP) is 2.68. The van der Waals surface area contributed by atoms with E-state index in [-0.39, 0.29) is 11.2 Å². The summed E-state index contributed by atoms with van der Waals surface area (Å²) in [5.41, 5.74) is 2.07. The van der Waals surface area contributed by atoms with Gasteiger partial charge >= 0.3 is 0 Å². The molecule has 1 aliphatic rings. The summed E-state index contributed by atoms with van der Waals surface area (Å²) in [6, 6.07) is 0. The number of alkyl halides is 1. The Hall–Kier alpha value is -0.300. The fraction of sp³-hybridized carbons (Fsp3) is 0.667. The molecule has 0 amide bonds. The largest absolute Gasteiger partial charge is 0.292 e. The van der Waals surface area contributed by atoms with Crippen molar-refractivity contribution in [1.82, 2.24) is 0 Å². The van der Waals surface area contributed by atoms with Crippen LogP contribution in [0.1, 0.15) is 33.1 Å². The minimum Gasteiger partial charge on any atom is -0.292 e. The maximum atomic E-state index is 11.1. The minimum atomic E-state index is -0.304. The first-order valence-electron chi connectivity index (χ1n) is 4.06. The molecule has 2 heteroatoms. The number of allylic oxidation sites excluding steroid dienone is 2. The predicted molar refractivity (Wildman–Crippen MR) is 46.9 cm³/mol. The van der Waals surface area contributed by atoms with Gasteiger partial charge in [-0.2, -0.15) is 0 Å². The van der Waals surface area contributed by atoms with Crippen LogP contribution in [0.2, 0.25) is 0 Å². The lowest BCUT2D eigenvalue weighted by Gasteiger charge is -2.24. The normalized spacial score (nSPS) is 23.9. The molecule has 0 spiro atoms. The van der Waals surface area contributed by atoms with Crippen LogP contribution in [0.25, 0.3) is 0 Å². The van der Waals surface area contributed by atoms with Crippen molar-refractivity contribution in [2.45, 2.75) is 38.5 Å². The van der Waals surface area contributed by atoms with Crippen molar-refractivity contribution in [3.8, 4) is 0 Å². The van der Waals surface area contributed by atoms with Crippen LogP contribution in [-0.4, -0.2) is 11.2 Å². The van der Waals surface area contributed by atoms with Gasteiger partial charge in [-0.3, -0.25) is 4.79 Å². The molecule has 1 atom stereocenters. The van der Waals surface area contributed by atoms with Gasteiger partial charge in [0.2, 0.25) is 0 Å². The van der Waals surface area contributed by atoms with Crippen LogP contribution in [0.5, 0.6) is 0 Å². The number of hydrogen-bond acceptors (Lipinski definition) is 1. The summed E-state index contributed by atoms with van der Waals surface area (Å²) in [6.07, 6.45) is 3.16. The molecule has 0 fully saturated rings. The van der Waals surface area contributed by atoms with Gasteiger partial charge in [0.05, 0.1) is 0 Å². The molecule has 11 heavy (non-hydrogen) atoms. The summed E-state index contributed by atoms with van der Waals surface area (Å²) in [7, 11) is 0. The molecule has 0 aromatic carbocycles. The highest BCUT2D eigenvalue weighted by Crippen LogP contribution is 2.32. The van der Waals surface area contributed by atoms with Crippen LogP contribution >= 0.6 is 11.6 Å². The van der Waals surface area contributed by atoms with E-state index in [2.05, 4.69) is 6.92 Å². The summed E-state index contributed by atoms with van der Waals surface area (Å²) in [5, 5.41) is -0.304. The van der Waals surface area contributed by atoms with E-state index in [0.29, 0.717) is 0 Å². The monoisotopic (exact) mass is 172 g/mol. The molecule has 0 aromatic rings. The molecule has 62 valence electrons. The zero-order valence-corrected chi connectivity index (χ0v) is 7.74. The zero-order valence-electron chi connectivity index (χ0n) is 6.98. The topological polar surface area (TPSA) is 17.1 Å². The Morgan fingerprint density at radius 3 is 2.64 bits per heavy atom. The van der Waals surface area contributed by atoms with Crippen LogP contribution in [0, 0.1) is 0 Å². The van der Waals surface area contributed by atoms with Crippen LogP contribution in [0.15, 0.2) is 11.1 Å². The van der Waals surface area contributed by atoms with E-state index in [4.69, 9.17) is 11.6 Å². The molecule has 0 saturated carbocycles. The van der Waals surface area contributed by atoms with Crippen molar-refractivity contribution < 1.29 is 4.79 Å². The van der Waals surface area contributed by atoms with E-state index in [1.165, 1.54) is 0 Å². The molecular formula is C9H13ClO. The number of hydrogen-bond donors (Lipinski definition) is 0. The average Bonchev–Trinajstić information content (AvgIpc) is 2.04. The maximum Gasteiger partial charge on any atom is 0.180 e. The van der Waals surface area contributed by atoms with E-state index in [0.717, 1.165) is 30.4 Å². The Morgan fingerprint density at radius 2 is 2.18 bits per heavy atom. The Labute approximate surface area is 72.4 Å². The standard InChI is InChI=1S/C9H13ClO/c1-3-4-5-7-6(2)8(10)9(7)11/h8H,3-5H2,1-2H3. The first-order valence-corrected chi connectivity index (χ1v) is 4.50. The first kappa shape index (κ1) is 8.79. The molecule has 0 bridgehead atoms. The molecule has 0 heterocycles. The molecule has 0 aliphatic heterocycles. The molecule has 0 aromatic heterocycles. The second kappa shape index (κ2) is 3.40. The van der Waals surface area contributed by atoms with Crippen molar-refractivity contribution in [2.75, 3.05) is 0 Å². The first-order chi connectivity index (χ1) is 5.18. The van der Waals surface area contributed by atoms with Crippen molar-refractivity contribution in [3.05, 3.63) is 11.1 Å². The van der Waals surface area contributed by atoms with Gasteiger partial charge in [-0.15, -0.1) is 11.6 Å². The Bertz CT molecular complexity index is 206. The van der Waals surface area contributed by atoms with Gasteiger partial charge in [-0.1, -0.05) is 13.3 Å². The number of unbranched alkanes of at least 4 members (excludes halogenated alkanes) is 1. The Balaban J connectivity index is 2.53. The molecule has 0 radical (unpaired) electrons. The number of Topliss-reactive ketones (excluding diaryl/α,β-unsaturated/α-hetero) is 1. The van der Waals surface area contributed by atoms with Crippen molar-refractivity contribution >= 4 is 17.4 Å². The summed E-state index contributed by atoms with van der Waals surface area (Å²) in [5.74, 6) is 0.151. The SMILES string of the molecule is CCCCC1=C(C)C(Cl)C1=O. The molecule has 1 rings (SSSR count). The lowest BCUT2D eigenvalue weighted by atomic mass is 9.84. The van der Waals surface area contributed by atoms with Gasteiger partial charge in [-0.25, -0.2) is 0 Å². The molecule has 1 unspecified atom stereocenters. The van der Waals surface area contributed by atoms with E-state index < -0.39 is 0 Å². The van der Waals surface area contributed by atoms with E-state index in [1.54, 1.807) is 0 Å². The van der Waals surface area contributed by atoms with Crippen molar-refractivity contribution in [3.63, 3.8) is 0 Å². The number of halogens is 1. The quantitative estimate of drug-likeness (QED) is 0.599. The third-order valence-corrected chi connectivity index (χ3v) is 2.69. The molecule has 1 nitrogen and oxygen atoms in total. The third kappa shape index (κ3) is 1.48. The van der Waals surface area contributed by atoms with Crippen LogP contribution in [0.4, 0.5) is 0 Å². The maximum absolute atomic E-state index is 11.1. The second-order valence-corrected chi connectivity index (χ2v) is 3.43. The van der Waals surface area contributed by atoms with Crippen LogP contribution in [-0.2, 0) is 4.79 Å². The molecular weight excluding hydrogens is 160 g/mol. The Morgan fingerprint density at radius 1 is 1.55 bits per heavy atom. The zero-order chi connectivity index (χ0) is 8.43. The van der Waals surface area contributed by atoms with Gasteiger partial charge < -0.3 is 0 Å². The van der Waals surface area contributed by atoms with Crippen LogP contribution < -0.4 is 0 Å². The van der Waals surface area contributed by atoms with Crippen molar-refractivity contribution in [1.29, 1.82) is 0 Å². The molecule has 0 saturated heterocycles. The second-order valence-electron chi connectivity index (χ2n) is 2.99. The molecule has 0 N–H and O–H groups in total. The highest BCUT2D eigenvalue weighted by molar-refractivity contribution is 6.39. The highest BCUT2D eigenvalue weighted by atomic mass is 35.5. The lowest BCUT2D eigenvalue weighted by molar-refractivity contribution is -0.116. The third-order valence-electron chi connectivity index (χ3n) is 2.16. The summed E-state index contributed by atoms with van der Waals surface area (Å²) in [4.78, 5) is 11.1. The van der Waals surface area contributed by atoms with E-state index >= 15 is 0 Å².